The number of imidazole rings is 1. The SMILES string of the molecule is Cc1nccn1Cc1ccc(COc2cccc3c2CN(C(C=O)CCC=O)C3=O)cc1. The number of aromatic nitrogens is 2. The summed E-state index contributed by atoms with van der Waals surface area (Å²) in [5.74, 6) is 1.41. The first-order valence-electron chi connectivity index (χ1n) is 10.6. The van der Waals surface area contributed by atoms with Gasteiger partial charge in [-0.3, -0.25) is 4.79 Å². The summed E-state index contributed by atoms with van der Waals surface area (Å²) < 4.78 is 8.14. The predicted octanol–water partition coefficient (Wildman–Crippen LogP) is 3.32. The molecule has 0 radical (unpaired) electrons. The summed E-state index contributed by atoms with van der Waals surface area (Å²) in [7, 11) is 0. The van der Waals surface area contributed by atoms with E-state index in [9.17, 15) is 14.4 Å². The van der Waals surface area contributed by atoms with Gasteiger partial charge < -0.3 is 23.8 Å². The van der Waals surface area contributed by atoms with Crippen molar-refractivity contribution in [1.29, 1.82) is 0 Å². The number of aldehydes is 2. The summed E-state index contributed by atoms with van der Waals surface area (Å²) in [4.78, 5) is 40.7. The fourth-order valence-corrected chi connectivity index (χ4v) is 3.93. The fourth-order valence-electron chi connectivity index (χ4n) is 3.93. The van der Waals surface area contributed by atoms with E-state index in [0.29, 0.717) is 30.9 Å². The van der Waals surface area contributed by atoms with Crippen molar-refractivity contribution in [3.8, 4) is 5.75 Å². The molecule has 0 saturated heterocycles. The Morgan fingerprint density at radius 2 is 1.91 bits per heavy atom. The maximum absolute atomic E-state index is 12.8. The molecule has 3 aromatic rings. The molecule has 2 heterocycles. The van der Waals surface area contributed by atoms with Crippen LogP contribution in [0.3, 0.4) is 0 Å². The second-order valence-electron chi connectivity index (χ2n) is 7.87. The van der Waals surface area contributed by atoms with Crippen molar-refractivity contribution in [3.63, 3.8) is 0 Å². The molecule has 0 saturated carbocycles. The Morgan fingerprint density at radius 3 is 2.59 bits per heavy atom. The highest BCUT2D eigenvalue weighted by Crippen LogP contribution is 2.33. The van der Waals surface area contributed by atoms with E-state index in [2.05, 4.69) is 21.7 Å². The topological polar surface area (TPSA) is 81.5 Å². The molecule has 1 aliphatic rings. The monoisotopic (exact) mass is 431 g/mol. The van der Waals surface area contributed by atoms with Crippen molar-refractivity contribution in [2.24, 2.45) is 0 Å². The lowest BCUT2D eigenvalue weighted by Gasteiger charge is -2.22. The highest BCUT2D eigenvalue weighted by Gasteiger charge is 2.34. The minimum absolute atomic E-state index is 0.201. The van der Waals surface area contributed by atoms with Crippen LogP contribution in [-0.4, -0.2) is 39.0 Å². The largest absolute Gasteiger partial charge is 0.489 e. The van der Waals surface area contributed by atoms with Gasteiger partial charge in [0, 0.05) is 36.5 Å². The number of aryl methyl sites for hydroxylation is 1. The number of carbonyl (C=O) groups is 3. The summed E-state index contributed by atoms with van der Waals surface area (Å²) in [6.07, 6.45) is 5.82. The summed E-state index contributed by atoms with van der Waals surface area (Å²) in [6.45, 7) is 3.41. The minimum Gasteiger partial charge on any atom is -0.489 e. The summed E-state index contributed by atoms with van der Waals surface area (Å²) >= 11 is 0. The Balaban J connectivity index is 1.42. The van der Waals surface area contributed by atoms with E-state index in [1.165, 1.54) is 10.5 Å². The van der Waals surface area contributed by atoms with E-state index in [1.807, 2.05) is 31.3 Å². The molecule has 1 atom stereocenters. The molecule has 0 fully saturated rings. The number of benzene rings is 2. The van der Waals surface area contributed by atoms with Gasteiger partial charge >= 0.3 is 0 Å². The Kier molecular flexibility index (Phi) is 6.44. The third kappa shape index (κ3) is 4.46. The van der Waals surface area contributed by atoms with E-state index >= 15 is 0 Å². The molecule has 0 spiro atoms. The molecule has 7 heteroatoms. The van der Waals surface area contributed by atoms with Crippen LogP contribution in [0.1, 0.15) is 45.7 Å². The molecule has 4 rings (SSSR count). The van der Waals surface area contributed by atoms with Gasteiger partial charge in [-0.15, -0.1) is 0 Å². The van der Waals surface area contributed by atoms with Crippen LogP contribution < -0.4 is 4.74 Å². The molecule has 1 amide bonds. The molecule has 7 nitrogen and oxygen atoms in total. The number of ether oxygens (including phenoxy) is 1. The quantitative estimate of drug-likeness (QED) is 0.460. The maximum Gasteiger partial charge on any atom is 0.255 e. The van der Waals surface area contributed by atoms with Gasteiger partial charge in [-0.1, -0.05) is 30.3 Å². The molecule has 164 valence electrons. The van der Waals surface area contributed by atoms with Crippen molar-refractivity contribution in [2.45, 2.75) is 45.5 Å². The van der Waals surface area contributed by atoms with Gasteiger partial charge in [0.15, 0.2) is 0 Å². The lowest BCUT2D eigenvalue weighted by molar-refractivity contribution is -0.112. The minimum atomic E-state index is -0.611. The second-order valence-corrected chi connectivity index (χ2v) is 7.87. The Morgan fingerprint density at radius 1 is 1.12 bits per heavy atom. The first-order valence-corrected chi connectivity index (χ1v) is 10.6. The molecular formula is C25H25N3O4. The average molecular weight is 431 g/mol. The summed E-state index contributed by atoms with van der Waals surface area (Å²) in [5, 5.41) is 0. The van der Waals surface area contributed by atoms with Crippen LogP contribution in [0.2, 0.25) is 0 Å². The van der Waals surface area contributed by atoms with Gasteiger partial charge in [0.25, 0.3) is 5.91 Å². The molecule has 0 aliphatic carbocycles. The molecule has 1 unspecified atom stereocenters. The van der Waals surface area contributed by atoms with Gasteiger partial charge in [-0.25, -0.2) is 4.98 Å². The van der Waals surface area contributed by atoms with Crippen molar-refractivity contribution >= 4 is 18.5 Å². The third-order valence-corrected chi connectivity index (χ3v) is 5.78. The van der Waals surface area contributed by atoms with Gasteiger partial charge in [-0.2, -0.15) is 0 Å². The molecule has 0 bridgehead atoms. The fraction of sp³-hybridized carbons (Fsp3) is 0.280. The van der Waals surface area contributed by atoms with Gasteiger partial charge in [-0.05, 0) is 36.6 Å². The number of nitrogens with zero attached hydrogens (tertiary/aromatic N) is 3. The Hall–Kier alpha value is -3.74. The molecular weight excluding hydrogens is 406 g/mol. The van der Waals surface area contributed by atoms with Crippen LogP contribution in [0.25, 0.3) is 0 Å². The second kappa shape index (κ2) is 9.60. The van der Waals surface area contributed by atoms with Gasteiger partial charge in [0.1, 0.15) is 30.8 Å². The van der Waals surface area contributed by atoms with E-state index in [1.54, 1.807) is 18.3 Å². The number of hydrogen-bond donors (Lipinski definition) is 0. The van der Waals surface area contributed by atoms with Crippen LogP contribution in [-0.2, 0) is 29.3 Å². The zero-order valence-corrected chi connectivity index (χ0v) is 17.9. The number of hydrogen-bond acceptors (Lipinski definition) is 5. The summed E-state index contributed by atoms with van der Waals surface area (Å²) in [5.41, 5.74) is 3.52. The molecule has 0 N–H and O–H groups in total. The van der Waals surface area contributed by atoms with Crippen molar-refractivity contribution < 1.29 is 19.1 Å². The van der Waals surface area contributed by atoms with E-state index in [-0.39, 0.29) is 12.3 Å². The number of carbonyl (C=O) groups excluding carboxylic acids is 3. The van der Waals surface area contributed by atoms with Crippen LogP contribution in [0.4, 0.5) is 0 Å². The Bertz CT molecular complexity index is 1120. The summed E-state index contributed by atoms with van der Waals surface area (Å²) in [6, 6.07) is 13.0. The maximum atomic E-state index is 12.8. The van der Waals surface area contributed by atoms with Crippen LogP contribution in [0.5, 0.6) is 5.75 Å². The van der Waals surface area contributed by atoms with Gasteiger partial charge in [0.2, 0.25) is 0 Å². The zero-order valence-electron chi connectivity index (χ0n) is 17.9. The number of fused-ring (bicyclic) bond motifs is 1. The van der Waals surface area contributed by atoms with Crippen molar-refractivity contribution in [1.82, 2.24) is 14.5 Å². The van der Waals surface area contributed by atoms with E-state index in [0.717, 1.165) is 36.1 Å². The van der Waals surface area contributed by atoms with Gasteiger partial charge in [0.05, 0.1) is 12.6 Å². The Labute approximate surface area is 186 Å². The molecule has 32 heavy (non-hydrogen) atoms. The lowest BCUT2D eigenvalue weighted by Crippen LogP contribution is -2.36. The third-order valence-electron chi connectivity index (χ3n) is 5.78. The van der Waals surface area contributed by atoms with Crippen LogP contribution in [0, 0.1) is 6.92 Å². The molecule has 1 aliphatic heterocycles. The predicted molar refractivity (Wildman–Crippen MR) is 118 cm³/mol. The van der Waals surface area contributed by atoms with E-state index in [4.69, 9.17) is 4.74 Å². The lowest BCUT2D eigenvalue weighted by atomic mass is 10.1. The zero-order chi connectivity index (χ0) is 22.5. The smallest absolute Gasteiger partial charge is 0.255 e. The average Bonchev–Trinajstić information content (AvgIpc) is 3.37. The first kappa shape index (κ1) is 21.5. The van der Waals surface area contributed by atoms with Crippen LogP contribution in [0.15, 0.2) is 54.9 Å². The highest BCUT2D eigenvalue weighted by molar-refractivity contribution is 6.00. The van der Waals surface area contributed by atoms with Crippen molar-refractivity contribution in [2.75, 3.05) is 0 Å². The number of amides is 1. The van der Waals surface area contributed by atoms with Crippen molar-refractivity contribution in [3.05, 3.63) is 82.9 Å². The normalized spacial score (nSPS) is 13.7. The highest BCUT2D eigenvalue weighted by atomic mass is 16.5. The number of rotatable bonds is 10. The van der Waals surface area contributed by atoms with E-state index < -0.39 is 6.04 Å². The molecule has 2 aromatic carbocycles. The van der Waals surface area contributed by atoms with Crippen LogP contribution >= 0.6 is 0 Å². The standard InChI is InChI=1S/C25H25N3O4/c1-18-26-11-12-27(18)14-19-7-9-20(10-8-19)17-32-24-6-2-5-22-23(24)15-28(25(22)31)21(16-30)4-3-13-29/h2,5-13,16,21H,3-4,14-15,17H2,1H3. The molecule has 1 aromatic heterocycles. The first-order chi connectivity index (χ1) is 15.6.